The first kappa shape index (κ1) is 20.0. The van der Waals surface area contributed by atoms with E-state index >= 15 is 0 Å². The summed E-state index contributed by atoms with van der Waals surface area (Å²) in [6, 6.07) is 13.3. The molecule has 3 aromatic rings. The van der Waals surface area contributed by atoms with Gasteiger partial charge in [0, 0.05) is 31.5 Å². The third-order valence-electron chi connectivity index (χ3n) is 5.28. The van der Waals surface area contributed by atoms with E-state index in [2.05, 4.69) is 0 Å². The van der Waals surface area contributed by atoms with Gasteiger partial charge in [0.15, 0.2) is 0 Å². The minimum atomic E-state index is -4.45. The van der Waals surface area contributed by atoms with Crippen LogP contribution >= 0.6 is 11.6 Å². The van der Waals surface area contributed by atoms with Crippen LogP contribution in [0.5, 0.6) is 0 Å². The standard InChI is InChI=1S/C22H19ClF4N2/c23-18-13-15(8-9-19(18)24)14-29-12-4-11-28-10-3-7-20(28)21(29)16-5-1-2-6-17(16)22(25,26)27/h1-3,5-10,13,21H,4,11-12,14H2. The highest BCUT2D eigenvalue weighted by Gasteiger charge is 2.38. The van der Waals surface area contributed by atoms with Gasteiger partial charge in [-0.15, -0.1) is 0 Å². The number of fused-ring (bicyclic) bond motifs is 1. The second kappa shape index (κ2) is 7.84. The fraction of sp³-hybridized carbons (Fsp3) is 0.273. The number of rotatable bonds is 3. The number of benzene rings is 2. The van der Waals surface area contributed by atoms with Crippen molar-refractivity contribution < 1.29 is 17.6 Å². The summed E-state index contributed by atoms with van der Waals surface area (Å²) in [5, 5.41) is 0.00735. The van der Waals surface area contributed by atoms with Crippen LogP contribution in [0.2, 0.25) is 5.02 Å². The molecule has 1 aliphatic heterocycles. The molecule has 1 aliphatic rings. The molecule has 2 aromatic carbocycles. The summed E-state index contributed by atoms with van der Waals surface area (Å²) in [5.74, 6) is -0.515. The van der Waals surface area contributed by atoms with E-state index in [1.165, 1.54) is 18.2 Å². The van der Waals surface area contributed by atoms with Crippen molar-refractivity contribution in [1.29, 1.82) is 0 Å². The summed E-state index contributed by atoms with van der Waals surface area (Å²) >= 11 is 5.92. The number of alkyl halides is 3. The van der Waals surface area contributed by atoms with Crippen molar-refractivity contribution in [3.05, 3.63) is 94.0 Å². The third-order valence-corrected chi connectivity index (χ3v) is 5.57. The Bertz CT molecular complexity index is 1010. The first-order valence-electron chi connectivity index (χ1n) is 9.34. The first-order valence-corrected chi connectivity index (χ1v) is 9.71. The summed E-state index contributed by atoms with van der Waals surface area (Å²) in [6.45, 7) is 1.70. The molecule has 2 nitrogen and oxygen atoms in total. The monoisotopic (exact) mass is 422 g/mol. The molecule has 0 fully saturated rings. The Hall–Kier alpha value is -2.31. The van der Waals surface area contributed by atoms with Gasteiger partial charge in [0.1, 0.15) is 5.82 Å². The number of aromatic nitrogens is 1. The zero-order chi connectivity index (χ0) is 20.6. The van der Waals surface area contributed by atoms with Gasteiger partial charge in [-0.05, 0) is 47.9 Å². The number of halogens is 5. The Balaban J connectivity index is 1.81. The molecule has 1 aromatic heterocycles. The van der Waals surface area contributed by atoms with E-state index in [0.717, 1.165) is 30.3 Å². The molecule has 0 aliphatic carbocycles. The topological polar surface area (TPSA) is 8.17 Å². The van der Waals surface area contributed by atoms with E-state index in [0.29, 0.717) is 13.1 Å². The Labute approximate surface area is 171 Å². The smallest absolute Gasteiger partial charge is 0.350 e. The van der Waals surface area contributed by atoms with Gasteiger partial charge in [-0.3, -0.25) is 4.90 Å². The number of hydrogen-bond donors (Lipinski definition) is 0. The zero-order valence-electron chi connectivity index (χ0n) is 15.5. The van der Waals surface area contributed by atoms with Crippen molar-refractivity contribution in [2.75, 3.05) is 6.54 Å². The van der Waals surface area contributed by atoms with E-state index < -0.39 is 23.6 Å². The van der Waals surface area contributed by atoms with Crippen molar-refractivity contribution in [2.45, 2.75) is 31.7 Å². The van der Waals surface area contributed by atoms with Crippen LogP contribution in [0, 0.1) is 5.82 Å². The van der Waals surface area contributed by atoms with Crippen LogP contribution in [-0.4, -0.2) is 16.0 Å². The predicted molar refractivity (Wildman–Crippen MR) is 104 cm³/mol. The summed E-state index contributed by atoms with van der Waals surface area (Å²) in [6.07, 6.45) is -1.76. The fourth-order valence-electron chi connectivity index (χ4n) is 4.03. The fourth-order valence-corrected chi connectivity index (χ4v) is 4.24. The van der Waals surface area contributed by atoms with E-state index in [-0.39, 0.29) is 10.6 Å². The van der Waals surface area contributed by atoms with Gasteiger partial charge >= 0.3 is 6.18 Å². The number of aryl methyl sites for hydroxylation is 1. The molecule has 0 amide bonds. The minimum Gasteiger partial charge on any atom is -0.350 e. The van der Waals surface area contributed by atoms with Gasteiger partial charge in [-0.2, -0.15) is 13.2 Å². The summed E-state index contributed by atoms with van der Waals surface area (Å²) in [5.41, 5.74) is 1.15. The Morgan fingerprint density at radius 1 is 1.00 bits per heavy atom. The second-order valence-corrected chi connectivity index (χ2v) is 7.59. The van der Waals surface area contributed by atoms with Crippen LogP contribution in [0.1, 0.15) is 34.8 Å². The van der Waals surface area contributed by atoms with Crippen molar-refractivity contribution >= 4 is 11.6 Å². The maximum Gasteiger partial charge on any atom is 0.416 e. The van der Waals surface area contributed by atoms with E-state index in [1.54, 1.807) is 18.2 Å². The van der Waals surface area contributed by atoms with Crippen molar-refractivity contribution in [3.8, 4) is 0 Å². The molecule has 0 spiro atoms. The maximum absolute atomic E-state index is 13.8. The van der Waals surface area contributed by atoms with Crippen LogP contribution in [0.25, 0.3) is 0 Å². The first-order chi connectivity index (χ1) is 13.8. The highest BCUT2D eigenvalue weighted by Crippen LogP contribution is 2.40. The molecule has 0 saturated heterocycles. The predicted octanol–water partition coefficient (Wildman–Crippen LogP) is 6.29. The van der Waals surface area contributed by atoms with Crippen LogP contribution in [0.15, 0.2) is 60.8 Å². The zero-order valence-corrected chi connectivity index (χ0v) is 16.2. The lowest BCUT2D eigenvalue weighted by molar-refractivity contribution is -0.138. The van der Waals surface area contributed by atoms with Crippen LogP contribution in [0.4, 0.5) is 17.6 Å². The van der Waals surface area contributed by atoms with Gasteiger partial charge in [-0.25, -0.2) is 4.39 Å². The number of nitrogens with zero attached hydrogens (tertiary/aromatic N) is 2. The van der Waals surface area contributed by atoms with Crippen LogP contribution < -0.4 is 0 Å². The second-order valence-electron chi connectivity index (χ2n) is 7.19. The molecule has 1 atom stereocenters. The Kier molecular flexibility index (Phi) is 5.40. The normalized spacial score (nSPS) is 17.8. The van der Waals surface area contributed by atoms with Crippen LogP contribution in [-0.2, 0) is 19.3 Å². The molecule has 2 heterocycles. The van der Waals surface area contributed by atoms with Crippen LogP contribution in [0.3, 0.4) is 0 Å². The lowest BCUT2D eigenvalue weighted by Gasteiger charge is -2.32. The Morgan fingerprint density at radius 2 is 1.79 bits per heavy atom. The lowest BCUT2D eigenvalue weighted by Crippen LogP contribution is -2.31. The average Bonchev–Trinajstić information content (AvgIpc) is 3.06. The Morgan fingerprint density at radius 3 is 2.55 bits per heavy atom. The molecule has 0 bridgehead atoms. The average molecular weight is 423 g/mol. The van der Waals surface area contributed by atoms with Gasteiger partial charge < -0.3 is 4.57 Å². The highest BCUT2D eigenvalue weighted by atomic mass is 35.5. The SMILES string of the molecule is Fc1ccc(CN2CCCn3cccc3C2c2ccccc2C(F)(F)F)cc1Cl. The molecule has 152 valence electrons. The summed E-state index contributed by atoms with van der Waals surface area (Å²) in [4.78, 5) is 2.01. The van der Waals surface area contributed by atoms with Gasteiger partial charge in [-0.1, -0.05) is 35.9 Å². The highest BCUT2D eigenvalue weighted by molar-refractivity contribution is 6.30. The van der Waals surface area contributed by atoms with Crippen molar-refractivity contribution in [3.63, 3.8) is 0 Å². The van der Waals surface area contributed by atoms with Crippen molar-refractivity contribution in [1.82, 2.24) is 9.47 Å². The number of hydrogen-bond acceptors (Lipinski definition) is 1. The molecule has 0 N–H and O–H groups in total. The quantitative estimate of drug-likeness (QED) is 0.450. The molecule has 1 unspecified atom stereocenters. The largest absolute Gasteiger partial charge is 0.416 e. The summed E-state index contributed by atoms with van der Waals surface area (Å²) in [7, 11) is 0. The van der Waals surface area contributed by atoms with E-state index in [9.17, 15) is 17.6 Å². The molecule has 0 saturated carbocycles. The minimum absolute atomic E-state index is 0.00735. The van der Waals surface area contributed by atoms with Gasteiger partial charge in [0.2, 0.25) is 0 Å². The molecule has 0 radical (unpaired) electrons. The van der Waals surface area contributed by atoms with Gasteiger partial charge in [0.05, 0.1) is 16.6 Å². The van der Waals surface area contributed by atoms with E-state index in [4.69, 9.17) is 11.6 Å². The third kappa shape index (κ3) is 4.05. The molecular formula is C22H19ClF4N2. The molecule has 4 rings (SSSR count). The molecule has 29 heavy (non-hydrogen) atoms. The lowest BCUT2D eigenvalue weighted by atomic mass is 9.95. The van der Waals surface area contributed by atoms with Gasteiger partial charge in [0.25, 0.3) is 0 Å². The summed E-state index contributed by atoms with van der Waals surface area (Å²) < 4.78 is 56.9. The molecular weight excluding hydrogens is 404 g/mol. The van der Waals surface area contributed by atoms with Crippen molar-refractivity contribution in [2.24, 2.45) is 0 Å². The maximum atomic E-state index is 13.8. The van der Waals surface area contributed by atoms with E-state index in [1.807, 2.05) is 27.8 Å². The molecule has 7 heteroatoms.